The van der Waals surface area contributed by atoms with Crippen LogP contribution in [0.2, 0.25) is 0 Å². The smallest absolute Gasteiger partial charge is 0.215 e. The van der Waals surface area contributed by atoms with Crippen LogP contribution in [0.25, 0.3) is 27.9 Å². The highest BCUT2D eigenvalue weighted by Gasteiger charge is 2.20. The maximum atomic E-state index is 13.4. The molecule has 3 aromatic heterocycles. The van der Waals surface area contributed by atoms with Gasteiger partial charge in [0, 0.05) is 29.6 Å². The quantitative estimate of drug-likeness (QED) is 0.492. The summed E-state index contributed by atoms with van der Waals surface area (Å²) in [5.74, 6) is 0.383. The first-order valence-electron chi connectivity index (χ1n) is 8.79. The van der Waals surface area contributed by atoms with Gasteiger partial charge in [0.05, 0.1) is 5.52 Å². The minimum atomic E-state index is -0.354. The molecule has 4 rings (SSSR count). The molecule has 0 aliphatic heterocycles. The predicted molar refractivity (Wildman–Crippen MR) is 104 cm³/mol. The molecule has 0 bridgehead atoms. The highest BCUT2D eigenvalue weighted by atomic mass is 19.1. The predicted octanol–water partition coefficient (Wildman–Crippen LogP) is 5.38. The van der Waals surface area contributed by atoms with Gasteiger partial charge in [-0.15, -0.1) is 0 Å². The van der Waals surface area contributed by atoms with E-state index in [4.69, 9.17) is 9.84 Å². The van der Waals surface area contributed by atoms with Gasteiger partial charge < -0.3 is 4.74 Å². The van der Waals surface area contributed by atoms with Gasteiger partial charge in [-0.1, -0.05) is 6.07 Å². The van der Waals surface area contributed by atoms with Crippen molar-refractivity contribution in [2.45, 2.75) is 26.4 Å². The van der Waals surface area contributed by atoms with E-state index in [0.29, 0.717) is 5.88 Å². The molecule has 0 atom stereocenters. The van der Waals surface area contributed by atoms with Crippen molar-refractivity contribution in [3.63, 3.8) is 0 Å². The molecule has 0 spiro atoms. The zero-order chi connectivity index (χ0) is 19.0. The fourth-order valence-electron chi connectivity index (χ4n) is 3.05. The lowest BCUT2D eigenvalue weighted by molar-refractivity contribution is 0.120. The Bertz CT molecular complexity index is 1080. The van der Waals surface area contributed by atoms with Gasteiger partial charge in [0.1, 0.15) is 17.1 Å². The summed E-state index contributed by atoms with van der Waals surface area (Å²) in [6.07, 6.45) is 3.51. The Morgan fingerprint density at radius 2 is 1.59 bits per heavy atom. The van der Waals surface area contributed by atoms with Gasteiger partial charge in [-0.25, -0.2) is 4.39 Å². The molecule has 0 saturated carbocycles. The first-order valence-corrected chi connectivity index (χ1v) is 8.79. The minimum Gasteiger partial charge on any atom is -0.472 e. The SMILES string of the molecule is CC(C)(C)Oc1cccc2c(-c3ccncc3)c(-c3ccc(F)cc3)nn12. The fraction of sp³-hybridized carbons (Fsp3) is 0.182. The number of ether oxygens (including phenoxy) is 1. The molecule has 0 aliphatic carbocycles. The maximum absolute atomic E-state index is 13.4. The lowest BCUT2D eigenvalue weighted by Gasteiger charge is -2.21. The molecule has 0 fully saturated rings. The molecule has 27 heavy (non-hydrogen) atoms. The van der Waals surface area contributed by atoms with Crippen LogP contribution in [-0.4, -0.2) is 20.2 Å². The van der Waals surface area contributed by atoms with Gasteiger partial charge in [-0.05, 0) is 68.8 Å². The number of hydrogen-bond donors (Lipinski definition) is 0. The van der Waals surface area contributed by atoms with Crippen LogP contribution in [0.1, 0.15) is 20.8 Å². The van der Waals surface area contributed by atoms with Gasteiger partial charge in [-0.3, -0.25) is 4.98 Å². The number of nitrogens with zero attached hydrogens (tertiary/aromatic N) is 3. The molecular weight excluding hydrogens is 341 g/mol. The van der Waals surface area contributed by atoms with E-state index in [0.717, 1.165) is 27.9 Å². The standard InChI is InChI=1S/C22H20FN3O/c1-22(2,3)27-19-6-4-5-18-20(15-11-13-24-14-12-15)21(25-26(18)19)16-7-9-17(23)10-8-16/h4-14H,1-3H3. The van der Waals surface area contributed by atoms with Crippen LogP contribution < -0.4 is 4.74 Å². The van der Waals surface area contributed by atoms with Crippen LogP contribution in [-0.2, 0) is 0 Å². The summed E-state index contributed by atoms with van der Waals surface area (Å²) in [4.78, 5) is 4.11. The van der Waals surface area contributed by atoms with E-state index in [1.807, 2.05) is 51.1 Å². The Labute approximate surface area is 157 Å². The summed E-state index contributed by atoms with van der Waals surface area (Å²) in [6.45, 7) is 6.00. The number of fused-ring (bicyclic) bond motifs is 1. The van der Waals surface area contributed by atoms with E-state index in [1.54, 1.807) is 29.0 Å². The third-order valence-corrected chi connectivity index (χ3v) is 4.12. The van der Waals surface area contributed by atoms with Crippen molar-refractivity contribution in [3.8, 4) is 28.3 Å². The summed E-state index contributed by atoms with van der Waals surface area (Å²) >= 11 is 0. The second-order valence-corrected chi connectivity index (χ2v) is 7.34. The van der Waals surface area contributed by atoms with E-state index < -0.39 is 0 Å². The number of halogens is 1. The zero-order valence-electron chi connectivity index (χ0n) is 15.5. The molecule has 4 aromatic rings. The molecule has 0 aliphatic rings. The second-order valence-electron chi connectivity index (χ2n) is 7.34. The van der Waals surface area contributed by atoms with Crippen molar-refractivity contribution >= 4 is 5.52 Å². The first kappa shape index (κ1) is 17.2. The molecule has 4 nitrogen and oxygen atoms in total. The molecule has 0 saturated heterocycles. The number of rotatable bonds is 3. The number of hydrogen-bond acceptors (Lipinski definition) is 3. The summed E-state index contributed by atoms with van der Waals surface area (Å²) in [7, 11) is 0. The summed E-state index contributed by atoms with van der Waals surface area (Å²) in [5.41, 5.74) is 4.13. The molecule has 1 aromatic carbocycles. The monoisotopic (exact) mass is 361 g/mol. The number of aromatic nitrogens is 3. The van der Waals surface area contributed by atoms with E-state index in [-0.39, 0.29) is 11.4 Å². The van der Waals surface area contributed by atoms with Crippen LogP contribution in [0, 0.1) is 5.82 Å². The van der Waals surface area contributed by atoms with E-state index in [1.165, 1.54) is 12.1 Å². The Hall–Kier alpha value is -3.21. The van der Waals surface area contributed by atoms with Crippen LogP contribution in [0.15, 0.2) is 67.0 Å². The highest BCUT2D eigenvalue weighted by molar-refractivity contribution is 5.92. The van der Waals surface area contributed by atoms with Crippen LogP contribution in [0.5, 0.6) is 5.88 Å². The maximum Gasteiger partial charge on any atom is 0.215 e. The third-order valence-electron chi connectivity index (χ3n) is 4.12. The molecular formula is C22H20FN3O. The number of benzene rings is 1. The van der Waals surface area contributed by atoms with Crippen molar-refractivity contribution in [3.05, 3.63) is 72.8 Å². The van der Waals surface area contributed by atoms with Gasteiger partial charge in [0.25, 0.3) is 0 Å². The minimum absolute atomic E-state index is 0.273. The van der Waals surface area contributed by atoms with Gasteiger partial charge in [0.15, 0.2) is 0 Å². The topological polar surface area (TPSA) is 39.4 Å². The van der Waals surface area contributed by atoms with Crippen molar-refractivity contribution in [1.29, 1.82) is 0 Å². The largest absolute Gasteiger partial charge is 0.472 e. The molecule has 0 unspecified atom stereocenters. The Kier molecular flexibility index (Phi) is 4.15. The number of pyridine rings is 2. The van der Waals surface area contributed by atoms with E-state index >= 15 is 0 Å². The Morgan fingerprint density at radius 1 is 0.889 bits per heavy atom. The van der Waals surface area contributed by atoms with Crippen LogP contribution in [0.3, 0.4) is 0 Å². The lowest BCUT2D eigenvalue weighted by atomic mass is 10.0. The summed E-state index contributed by atoms with van der Waals surface area (Å²) in [5, 5.41) is 4.82. The molecule has 0 radical (unpaired) electrons. The molecule has 136 valence electrons. The first-order chi connectivity index (χ1) is 12.9. The van der Waals surface area contributed by atoms with Crippen molar-refractivity contribution < 1.29 is 9.13 Å². The van der Waals surface area contributed by atoms with E-state index in [9.17, 15) is 4.39 Å². The Balaban J connectivity index is 2.01. The summed E-state index contributed by atoms with van der Waals surface area (Å²) < 4.78 is 21.3. The van der Waals surface area contributed by atoms with Crippen LogP contribution >= 0.6 is 0 Å². The third kappa shape index (κ3) is 3.40. The van der Waals surface area contributed by atoms with E-state index in [2.05, 4.69) is 4.98 Å². The molecule has 0 amide bonds. The molecule has 3 heterocycles. The highest BCUT2D eigenvalue weighted by Crippen LogP contribution is 2.36. The van der Waals surface area contributed by atoms with Gasteiger partial charge in [-0.2, -0.15) is 9.61 Å². The van der Waals surface area contributed by atoms with Crippen molar-refractivity contribution in [2.75, 3.05) is 0 Å². The lowest BCUT2D eigenvalue weighted by Crippen LogP contribution is -2.24. The van der Waals surface area contributed by atoms with Crippen LogP contribution in [0.4, 0.5) is 4.39 Å². The van der Waals surface area contributed by atoms with Crippen molar-refractivity contribution in [2.24, 2.45) is 0 Å². The Morgan fingerprint density at radius 3 is 2.26 bits per heavy atom. The normalized spacial score (nSPS) is 11.7. The second kappa shape index (κ2) is 6.50. The molecule has 5 heteroatoms. The average molecular weight is 361 g/mol. The van der Waals surface area contributed by atoms with Gasteiger partial charge >= 0.3 is 0 Å². The zero-order valence-corrected chi connectivity index (χ0v) is 15.5. The average Bonchev–Trinajstić information content (AvgIpc) is 3.02. The molecule has 0 N–H and O–H groups in total. The fourth-order valence-corrected chi connectivity index (χ4v) is 3.05. The summed E-state index contributed by atoms with van der Waals surface area (Å²) in [6, 6.07) is 16.1. The van der Waals surface area contributed by atoms with Gasteiger partial charge in [0.2, 0.25) is 5.88 Å². The van der Waals surface area contributed by atoms with Crippen molar-refractivity contribution in [1.82, 2.24) is 14.6 Å².